The van der Waals surface area contributed by atoms with Crippen molar-refractivity contribution in [2.24, 2.45) is 4.99 Å². The lowest BCUT2D eigenvalue weighted by Crippen LogP contribution is -2.45. The van der Waals surface area contributed by atoms with Gasteiger partial charge in [-0.25, -0.2) is 0 Å². The third-order valence-corrected chi connectivity index (χ3v) is 5.24. The predicted octanol–water partition coefficient (Wildman–Crippen LogP) is 2.19. The summed E-state index contributed by atoms with van der Waals surface area (Å²) in [4.78, 5) is 4.55. The zero-order chi connectivity index (χ0) is 18.1. The summed E-state index contributed by atoms with van der Waals surface area (Å²) in [5.41, 5.74) is 0.726. The molecule has 0 radical (unpaired) electrons. The second-order valence-electron chi connectivity index (χ2n) is 5.94. The van der Waals surface area contributed by atoms with Gasteiger partial charge in [-0.05, 0) is 43.2 Å². The Balaban J connectivity index is 2.02. The highest BCUT2D eigenvalue weighted by Gasteiger charge is 2.16. The Morgan fingerprint density at radius 3 is 2.60 bits per heavy atom. The van der Waals surface area contributed by atoms with Crippen LogP contribution in [-0.4, -0.2) is 55.9 Å². The second-order valence-corrected chi connectivity index (χ2v) is 7.09. The van der Waals surface area contributed by atoms with E-state index in [1.54, 1.807) is 32.4 Å². The number of ether oxygens (including phenoxy) is 2. The molecule has 0 amide bonds. The Morgan fingerprint density at radius 2 is 2.04 bits per heavy atom. The molecule has 7 heteroatoms. The molecule has 2 unspecified atom stereocenters. The minimum atomic E-state index is -0.722. The van der Waals surface area contributed by atoms with Crippen LogP contribution >= 0.6 is 11.8 Å². The number of nitrogens with zero attached hydrogens (tertiary/aromatic N) is 1. The fraction of sp³-hybridized carbons (Fsp3) is 0.611. The smallest absolute Gasteiger partial charge is 0.191 e. The zero-order valence-electron chi connectivity index (χ0n) is 15.2. The van der Waals surface area contributed by atoms with Crippen molar-refractivity contribution >= 4 is 17.7 Å². The van der Waals surface area contributed by atoms with Crippen LogP contribution in [-0.2, 0) is 0 Å². The minimum Gasteiger partial charge on any atom is -0.497 e. The molecule has 1 aliphatic heterocycles. The van der Waals surface area contributed by atoms with Gasteiger partial charge in [0, 0.05) is 24.4 Å². The number of aliphatic hydroxyl groups excluding tert-OH is 1. The molecular weight excluding hydrogens is 338 g/mol. The molecule has 6 nitrogen and oxygen atoms in total. The van der Waals surface area contributed by atoms with E-state index in [2.05, 4.69) is 15.6 Å². The van der Waals surface area contributed by atoms with Crippen molar-refractivity contribution in [3.8, 4) is 11.5 Å². The molecule has 1 saturated heterocycles. The number of benzene rings is 1. The first-order valence-electron chi connectivity index (χ1n) is 8.69. The van der Waals surface area contributed by atoms with Gasteiger partial charge in [0.05, 0.1) is 26.9 Å². The Labute approximate surface area is 154 Å². The molecule has 1 aliphatic rings. The molecule has 25 heavy (non-hydrogen) atoms. The van der Waals surface area contributed by atoms with Crippen LogP contribution in [0.3, 0.4) is 0 Å². The summed E-state index contributed by atoms with van der Waals surface area (Å²) in [5, 5.41) is 17.2. The molecule has 1 aromatic rings. The number of hydrogen-bond donors (Lipinski definition) is 3. The average Bonchev–Trinajstić information content (AvgIpc) is 2.66. The summed E-state index contributed by atoms with van der Waals surface area (Å²) in [6.07, 6.45) is 1.67. The van der Waals surface area contributed by atoms with E-state index in [4.69, 9.17) is 9.47 Å². The Hall–Kier alpha value is -1.60. The van der Waals surface area contributed by atoms with Crippen LogP contribution < -0.4 is 20.1 Å². The fourth-order valence-electron chi connectivity index (χ4n) is 2.67. The van der Waals surface area contributed by atoms with Crippen LogP contribution in [0.1, 0.15) is 31.4 Å². The van der Waals surface area contributed by atoms with Gasteiger partial charge in [0.1, 0.15) is 11.5 Å². The quantitative estimate of drug-likeness (QED) is 0.507. The number of thioether (sulfide) groups is 1. The SMILES string of the molecule is CCNC(=NCC(O)c1cc(OC)cc(OC)c1)NC1CCCSC1. The predicted molar refractivity (Wildman–Crippen MR) is 104 cm³/mol. The molecule has 1 fully saturated rings. The van der Waals surface area contributed by atoms with Gasteiger partial charge in [-0.15, -0.1) is 0 Å². The highest BCUT2D eigenvalue weighted by atomic mass is 32.2. The first kappa shape index (κ1) is 19.7. The molecule has 0 saturated carbocycles. The van der Waals surface area contributed by atoms with E-state index >= 15 is 0 Å². The molecule has 0 aliphatic carbocycles. The molecule has 0 bridgehead atoms. The van der Waals surface area contributed by atoms with Gasteiger partial charge in [-0.3, -0.25) is 4.99 Å². The lowest BCUT2D eigenvalue weighted by atomic mass is 10.1. The van der Waals surface area contributed by atoms with E-state index in [9.17, 15) is 5.11 Å². The molecule has 1 heterocycles. The van der Waals surface area contributed by atoms with Crippen LogP contribution in [0.5, 0.6) is 11.5 Å². The number of rotatable bonds is 7. The van der Waals surface area contributed by atoms with E-state index < -0.39 is 6.10 Å². The monoisotopic (exact) mass is 367 g/mol. The van der Waals surface area contributed by atoms with Crippen LogP contribution in [0.2, 0.25) is 0 Å². The summed E-state index contributed by atoms with van der Waals surface area (Å²) < 4.78 is 10.5. The first-order valence-corrected chi connectivity index (χ1v) is 9.85. The van der Waals surface area contributed by atoms with Gasteiger partial charge in [0.2, 0.25) is 0 Å². The van der Waals surface area contributed by atoms with Crippen molar-refractivity contribution in [2.45, 2.75) is 31.9 Å². The molecule has 2 rings (SSSR count). The van der Waals surface area contributed by atoms with E-state index in [1.165, 1.54) is 12.2 Å². The number of hydrogen-bond acceptors (Lipinski definition) is 5. The second kappa shape index (κ2) is 10.4. The van der Waals surface area contributed by atoms with Crippen molar-refractivity contribution in [3.05, 3.63) is 23.8 Å². The van der Waals surface area contributed by atoms with Crippen molar-refractivity contribution in [3.63, 3.8) is 0 Å². The molecule has 2 atom stereocenters. The van der Waals surface area contributed by atoms with Gasteiger partial charge in [-0.2, -0.15) is 11.8 Å². The summed E-state index contributed by atoms with van der Waals surface area (Å²) in [6, 6.07) is 5.83. The van der Waals surface area contributed by atoms with Crippen LogP contribution in [0.4, 0.5) is 0 Å². The van der Waals surface area contributed by atoms with Crippen molar-refractivity contribution in [1.29, 1.82) is 0 Å². The van der Waals surface area contributed by atoms with E-state index in [0.717, 1.165) is 30.2 Å². The van der Waals surface area contributed by atoms with E-state index in [1.807, 2.05) is 18.7 Å². The lowest BCUT2D eigenvalue weighted by molar-refractivity contribution is 0.186. The fourth-order valence-corrected chi connectivity index (χ4v) is 3.74. The number of aliphatic imine (C=N–C) groups is 1. The van der Waals surface area contributed by atoms with Gasteiger partial charge in [0.15, 0.2) is 5.96 Å². The highest BCUT2D eigenvalue weighted by Crippen LogP contribution is 2.26. The number of methoxy groups -OCH3 is 2. The molecule has 0 aromatic heterocycles. The van der Waals surface area contributed by atoms with Gasteiger partial charge in [-0.1, -0.05) is 0 Å². The maximum atomic E-state index is 10.5. The standard InChI is InChI=1S/C18H29N3O3S/c1-4-19-18(21-14-6-5-7-25-12-14)20-11-17(22)13-8-15(23-2)10-16(9-13)24-3/h8-10,14,17,22H,4-7,11-12H2,1-3H3,(H2,19,20,21). The van der Waals surface area contributed by atoms with Crippen LogP contribution in [0.15, 0.2) is 23.2 Å². The topological polar surface area (TPSA) is 75.1 Å². The third kappa shape index (κ3) is 6.32. The Kier molecular flexibility index (Phi) is 8.21. The maximum Gasteiger partial charge on any atom is 0.191 e. The lowest BCUT2D eigenvalue weighted by Gasteiger charge is -2.24. The number of guanidine groups is 1. The Bertz CT molecular complexity index is 540. The summed E-state index contributed by atoms with van der Waals surface area (Å²) >= 11 is 1.97. The van der Waals surface area contributed by atoms with Crippen LogP contribution in [0.25, 0.3) is 0 Å². The summed E-state index contributed by atoms with van der Waals surface area (Å²) in [6.45, 7) is 3.09. The molecule has 3 N–H and O–H groups in total. The molecule has 140 valence electrons. The van der Waals surface area contributed by atoms with E-state index in [-0.39, 0.29) is 6.54 Å². The summed E-state index contributed by atoms with van der Waals surface area (Å²) in [5.74, 6) is 4.40. The number of nitrogens with one attached hydrogen (secondary N) is 2. The zero-order valence-corrected chi connectivity index (χ0v) is 16.1. The third-order valence-electron chi connectivity index (χ3n) is 4.03. The highest BCUT2D eigenvalue weighted by molar-refractivity contribution is 7.99. The van der Waals surface area contributed by atoms with Crippen molar-refractivity contribution in [2.75, 3.05) is 38.8 Å². The minimum absolute atomic E-state index is 0.269. The van der Waals surface area contributed by atoms with Crippen LogP contribution in [0, 0.1) is 0 Å². The average molecular weight is 368 g/mol. The molecule has 1 aromatic carbocycles. The van der Waals surface area contributed by atoms with Gasteiger partial charge >= 0.3 is 0 Å². The first-order chi connectivity index (χ1) is 12.2. The van der Waals surface area contributed by atoms with Crippen molar-refractivity contribution in [1.82, 2.24) is 10.6 Å². The normalized spacial score (nSPS) is 19.2. The summed E-state index contributed by atoms with van der Waals surface area (Å²) in [7, 11) is 3.19. The maximum absolute atomic E-state index is 10.5. The van der Waals surface area contributed by atoms with E-state index in [0.29, 0.717) is 17.5 Å². The Morgan fingerprint density at radius 1 is 1.32 bits per heavy atom. The largest absolute Gasteiger partial charge is 0.497 e. The van der Waals surface area contributed by atoms with Gasteiger partial charge < -0.3 is 25.2 Å². The van der Waals surface area contributed by atoms with Gasteiger partial charge in [0.25, 0.3) is 0 Å². The number of aliphatic hydroxyl groups is 1. The van der Waals surface area contributed by atoms with Crippen molar-refractivity contribution < 1.29 is 14.6 Å². The molecule has 0 spiro atoms. The molecular formula is C18H29N3O3S.